The summed E-state index contributed by atoms with van der Waals surface area (Å²) in [4.78, 5) is 23.0. The van der Waals surface area contributed by atoms with E-state index in [4.69, 9.17) is 9.84 Å². The van der Waals surface area contributed by atoms with Crippen molar-refractivity contribution in [2.75, 3.05) is 0 Å². The molecule has 0 aliphatic heterocycles. The Hall–Kier alpha value is -1.32. The quantitative estimate of drug-likeness (QED) is 0.151. The van der Waals surface area contributed by atoms with Crippen molar-refractivity contribution in [1.82, 2.24) is 0 Å². The first-order valence-corrected chi connectivity index (χ1v) is 11.2. The summed E-state index contributed by atoms with van der Waals surface area (Å²) in [6, 6.07) is 0. The van der Waals surface area contributed by atoms with Gasteiger partial charge in [-0.15, -0.1) is 0 Å². The van der Waals surface area contributed by atoms with Crippen LogP contribution in [0.5, 0.6) is 0 Å². The molecule has 1 N–H and O–H groups in total. The zero-order valence-corrected chi connectivity index (χ0v) is 17.7. The number of carbonyl (C=O) groups excluding carboxylic acids is 1. The van der Waals surface area contributed by atoms with Crippen LogP contribution in [0, 0.1) is 0 Å². The van der Waals surface area contributed by atoms with E-state index in [0.29, 0.717) is 12.8 Å². The summed E-state index contributed by atoms with van der Waals surface area (Å²) in [6.07, 6.45) is 19.5. The van der Waals surface area contributed by atoms with Gasteiger partial charge in [-0.25, -0.2) is 0 Å². The van der Waals surface area contributed by atoms with Gasteiger partial charge in [0.05, 0.1) is 6.42 Å². The second-order valence-corrected chi connectivity index (χ2v) is 7.48. The van der Waals surface area contributed by atoms with Gasteiger partial charge >= 0.3 is 11.9 Å². The largest absolute Gasteiger partial charge is 0.481 e. The molecule has 1 unspecified atom stereocenters. The van der Waals surface area contributed by atoms with E-state index in [9.17, 15) is 9.59 Å². The molecule has 0 radical (unpaired) electrons. The molecule has 1 atom stereocenters. The highest BCUT2D eigenvalue weighted by atomic mass is 16.5. The zero-order valence-electron chi connectivity index (χ0n) is 17.7. The minimum absolute atomic E-state index is 0.0850. The fourth-order valence-corrected chi connectivity index (χ4v) is 3.08. The molecule has 0 amide bonds. The van der Waals surface area contributed by atoms with Crippen LogP contribution in [0.25, 0.3) is 0 Å². The number of hydrogen-bond donors (Lipinski definition) is 1. The Bertz CT molecular complexity index is 390. The molecule has 0 fully saturated rings. The number of unbranched alkanes of at least 4 members (excludes halogenated alkanes) is 10. The minimum Gasteiger partial charge on any atom is -0.481 e. The van der Waals surface area contributed by atoms with Crippen LogP contribution in [0.4, 0.5) is 0 Å². The van der Waals surface area contributed by atoms with E-state index in [-0.39, 0.29) is 12.4 Å². The predicted octanol–water partition coefficient (Wildman–Crippen LogP) is 6.82. The van der Waals surface area contributed by atoms with Crippen LogP contribution in [-0.4, -0.2) is 23.1 Å². The molecule has 0 saturated carbocycles. The molecule has 0 bridgehead atoms. The molecule has 0 aliphatic carbocycles. The van der Waals surface area contributed by atoms with Crippen molar-refractivity contribution in [2.45, 2.75) is 123 Å². The third-order valence-corrected chi connectivity index (χ3v) is 4.72. The Balaban J connectivity index is 3.87. The molecule has 4 nitrogen and oxygen atoms in total. The molecule has 158 valence electrons. The third-order valence-electron chi connectivity index (χ3n) is 4.72. The second-order valence-electron chi connectivity index (χ2n) is 7.48. The molecule has 0 aromatic heterocycles. The maximum atomic E-state index is 12.0. The van der Waals surface area contributed by atoms with Crippen molar-refractivity contribution >= 4 is 11.9 Å². The molecular formula is C23H42O4. The van der Waals surface area contributed by atoms with E-state index in [0.717, 1.165) is 32.1 Å². The number of rotatable bonds is 19. The molecule has 4 heteroatoms. The van der Waals surface area contributed by atoms with Crippen molar-refractivity contribution in [3.05, 3.63) is 12.2 Å². The highest BCUT2D eigenvalue weighted by molar-refractivity contribution is 5.71. The van der Waals surface area contributed by atoms with E-state index in [1.54, 1.807) is 0 Å². The van der Waals surface area contributed by atoms with Gasteiger partial charge < -0.3 is 9.84 Å². The van der Waals surface area contributed by atoms with Gasteiger partial charge in [-0.1, -0.05) is 77.4 Å². The Kier molecular flexibility index (Phi) is 18.5. The lowest BCUT2D eigenvalue weighted by Crippen LogP contribution is -2.21. The summed E-state index contributed by atoms with van der Waals surface area (Å²) in [5.41, 5.74) is 0. The SMILES string of the molecule is CCCCCC/C=C\CCCC(=O)OC(CCCCCCCC)CC(=O)O. The normalized spacial score (nSPS) is 12.4. The summed E-state index contributed by atoms with van der Waals surface area (Å²) in [5, 5.41) is 9.02. The molecule has 0 heterocycles. The fraction of sp³-hybridized carbons (Fsp3) is 0.826. The summed E-state index contributed by atoms with van der Waals surface area (Å²) < 4.78 is 5.42. The van der Waals surface area contributed by atoms with Gasteiger partial charge in [-0.2, -0.15) is 0 Å². The molecule has 0 aromatic rings. The number of allylic oxidation sites excluding steroid dienone is 2. The molecule has 0 spiro atoms. The monoisotopic (exact) mass is 382 g/mol. The van der Waals surface area contributed by atoms with Gasteiger partial charge in [0.2, 0.25) is 0 Å². The molecule has 0 rings (SSSR count). The van der Waals surface area contributed by atoms with E-state index in [1.807, 2.05) is 0 Å². The zero-order chi connectivity index (χ0) is 20.2. The Morgan fingerprint density at radius 1 is 0.815 bits per heavy atom. The maximum absolute atomic E-state index is 12.0. The first kappa shape index (κ1) is 25.7. The summed E-state index contributed by atoms with van der Waals surface area (Å²) in [7, 11) is 0. The standard InChI is InChI=1S/C23H42O4/c1-3-5-7-9-11-12-13-15-17-19-23(26)27-21(20-22(24)25)18-16-14-10-8-6-4-2/h12-13,21H,3-11,14-20H2,1-2H3,(H,24,25)/b13-12-. The number of carboxylic acids is 1. The summed E-state index contributed by atoms with van der Waals surface area (Å²) in [5.74, 6) is -1.16. The number of hydrogen-bond acceptors (Lipinski definition) is 3. The van der Waals surface area contributed by atoms with Gasteiger partial charge in [0, 0.05) is 6.42 Å². The van der Waals surface area contributed by atoms with Crippen LogP contribution in [0.15, 0.2) is 12.2 Å². The van der Waals surface area contributed by atoms with Gasteiger partial charge in [0.25, 0.3) is 0 Å². The lowest BCUT2D eigenvalue weighted by atomic mass is 10.1. The van der Waals surface area contributed by atoms with Crippen molar-refractivity contribution in [3.63, 3.8) is 0 Å². The number of aliphatic carboxylic acids is 1. The number of ether oxygens (including phenoxy) is 1. The van der Waals surface area contributed by atoms with E-state index in [2.05, 4.69) is 26.0 Å². The first-order chi connectivity index (χ1) is 13.1. The Morgan fingerprint density at radius 3 is 2.00 bits per heavy atom. The van der Waals surface area contributed by atoms with Crippen LogP contribution in [-0.2, 0) is 14.3 Å². The number of carboxylic acid groups (broad SMARTS) is 1. The lowest BCUT2D eigenvalue weighted by Gasteiger charge is -2.16. The van der Waals surface area contributed by atoms with Crippen LogP contribution in [0.1, 0.15) is 117 Å². The summed E-state index contributed by atoms with van der Waals surface area (Å²) in [6.45, 7) is 4.40. The van der Waals surface area contributed by atoms with Crippen LogP contribution < -0.4 is 0 Å². The average molecular weight is 383 g/mol. The second kappa shape index (κ2) is 19.4. The van der Waals surface area contributed by atoms with Crippen LogP contribution in [0.2, 0.25) is 0 Å². The van der Waals surface area contributed by atoms with Crippen molar-refractivity contribution < 1.29 is 19.4 Å². The summed E-state index contributed by atoms with van der Waals surface area (Å²) >= 11 is 0. The van der Waals surface area contributed by atoms with Crippen molar-refractivity contribution in [1.29, 1.82) is 0 Å². The molecule has 0 aromatic carbocycles. The minimum atomic E-state index is -0.898. The molecule has 0 aliphatic rings. The van der Waals surface area contributed by atoms with Gasteiger partial charge in [0.1, 0.15) is 6.10 Å². The van der Waals surface area contributed by atoms with Crippen LogP contribution in [0.3, 0.4) is 0 Å². The molecule has 0 saturated heterocycles. The van der Waals surface area contributed by atoms with Gasteiger partial charge in [-0.05, 0) is 38.5 Å². The Morgan fingerprint density at radius 2 is 1.37 bits per heavy atom. The maximum Gasteiger partial charge on any atom is 0.307 e. The lowest BCUT2D eigenvalue weighted by molar-refractivity contribution is -0.153. The first-order valence-electron chi connectivity index (χ1n) is 11.2. The van der Waals surface area contributed by atoms with Crippen LogP contribution >= 0.6 is 0 Å². The topological polar surface area (TPSA) is 63.6 Å². The van der Waals surface area contributed by atoms with Gasteiger partial charge in [-0.3, -0.25) is 9.59 Å². The smallest absolute Gasteiger partial charge is 0.307 e. The fourth-order valence-electron chi connectivity index (χ4n) is 3.08. The Labute approximate surface area is 166 Å². The third kappa shape index (κ3) is 19.3. The number of carbonyl (C=O) groups is 2. The van der Waals surface area contributed by atoms with Crippen molar-refractivity contribution in [3.8, 4) is 0 Å². The van der Waals surface area contributed by atoms with E-state index < -0.39 is 12.1 Å². The molecular weight excluding hydrogens is 340 g/mol. The number of esters is 1. The van der Waals surface area contributed by atoms with E-state index in [1.165, 1.54) is 51.4 Å². The predicted molar refractivity (Wildman–Crippen MR) is 112 cm³/mol. The van der Waals surface area contributed by atoms with E-state index >= 15 is 0 Å². The van der Waals surface area contributed by atoms with Crippen molar-refractivity contribution in [2.24, 2.45) is 0 Å². The highest BCUT2D eigenvalue weighted by Crippen LogP contribution is 2.14. The molecule has 27 heavy (non-hydrogen) atoms. The highest BCUT2D eigenvalue weighted by Gasteiger charge is 2.17. The average Bonchev–Trinajstić information content (AvgIpc) is 2.62. The van der Waals surface area contributed by atoms with Gasteiger partial charge in [0.15, 0.2) is 0 Å².